The summed E-state index contributed by atoms with van der Waals surface area (Å²) in [7, 11) is -3.69. The zero-order valence-corrected chi connectivity index (χ0v) is 16.9. The Morgan fingerprint density at radius 1 is 1.07 bits per heavy atom. The van der Waals surface area contributed by atoms with Crippen molar-refractivity contribution in [2.45, 2.75) is 31.8 Å². The molecular weight excluding hydrogens is 394 g/mol. The van der Waals surface area contributed by atoms with Gasteiger partial charge in [-0.05, 0) is 49.2 Å². The summed E-state index contributed by atoms with van der Waals surface area (Å²) in [5, 5.41) is 7.74. The number of esters is 1. The number of hydrogen-bond acceptors (Lipinski definition) is 7. The molecule has 9 heteroatoms. The van der Waals surface area contributed by atoms with Crippen molar-refractivity contribution >= 4 is 16.0 Å². The van der Waals surface area contributed by atoms with Crippen LogP contribution in [-0.2, 0) is 26.2 Å². The summed E-state index contributed by atoms with van der Waals surface area (Å²) >= 11 is 0. The number of sulfonamides is 1. The summed E-state index contributed by atoms with van der Waals surface area (Å²) in [5.74, 6) is -0.0852. The highest BCUT2D eigenvalue weighted by Crippen LogP contribution is 2.17. The summed E-state index contributed by atoms with van der Waals surface area (Å²) in [4.78, 5) is 12.0. The van der Waals surface area contributed by atoms with E-state index in [9.17, 15) is 13.2 Å². The number of ether oxygens (including phenoxy) is 1. The zero-order chi connectivity index (χ0) is 20.9. The fourth-order valence-corrected chi connectivity index (χ4v) is 3.59. The maximum Gasteiger partial charge on any atom is 0.307 e. The second-order valence-electron chi connectivity index (χ2n) is 6.42. The molecule has 0 fully saturated rings. The first-order valence-electron chi connectivity index (χ1n) is 8.95. The van der Waals surface area contributed by atoms with E-state index < -0.39 is 16.0 Å². The van der Waals surface area contributed by atoms with Crippen molar-refractivity contribution in [2.75, 3.05) is 6.54 Å². The van der Waals surface area contributed by atoms with Crippen molar-refractivity contribution in [3.8, 4) is 11.5 Å². The van der Waals surface area contributed by atoms with Crippen LogP contribution in [0.3, 0.4) is 0 Å². The smallest absolute Gasteiger partial charge is 0.307 e. The van der Waals surface area contributed by atoms with Gasteiger partial charge in [-0.1, -0.05) is 24.3 Å². The summed E-state index contributed by atoms with van der Waals surface area (Å²) < 4.78 is 37.5. The summed E-state index contributed by atoms with van der Waals surface area (Å²) in [6.07, 6.45) is -0.121. The van der Waals surface area contributed by atoms with Crippen LogP contribution in [0.4, 0.5) is 0 Å². The van der Waals surface area contributed by atoms with Gasteiger partial charge in [-0.2, -0.15) is 0 Å². The van der Waals surface area contributed by atoms with Gasteiger partial charge in [0.15, 0.2) is 6.61 Å². The van der Waals surface area contributed by atoms with E-state index in [1.54, 1.807) is 12.1 Å². The first-order chi connectivity index (χ1) is 13.8. The Bertz CT molecular complexity index is 1090. The number of benzene rings is 2. The molecule has 0 atom stereocenters. The molecule has 1 N–H and O–H groups in total. The van der Waals surface area contributed by atoms with Crippen molar-refractivity contribution in [1.82, 2.24) is 14.9 Å². The molecule has 0 spiro atoms. The molecule has 0 saturated heterocycles. The minimum atomic E-state index is -3.69. The number of carbonyl (C=O) groups is 1. The van der Waals surface area contributed by atoms with Crippen LogP contribution in [0.15, 0.2) is 57.8 Å². The van der Waals surface area contributed by atoms with Crippen LogP contribution in [0.5, 0.6) is 0 Å². The Labute approximate surface area is 169 Å². The van der Waals surface area contributed by atoms with Crippen LogP contribution in [0.2, 0.25) is 0 Å². The number of aryl methyl sites for hydroxylation is 2. The van der Waals surface area contributed by atoms with Gasteiger partial charge in [0.05, 0.1) is 11.3 Å². The molecule has 29 heavy (non-hydrogen) atoms. The number of aromatic nitrogens is 2. The molecule has 3 rings (SSSR count). The van der Waals surface area contributed by atoms with Gasteiger partial charge in [0.2, 0.25) is 15.9 Å². The molecule has 0 aliphatic heterocycles. The third kappa shape index (κ3) is 5.49. The van der Waals surface area contributed by atoms with E-state index in [2.05, 4.69) is 14.9 Å². The van der Waals surface area contributed by atoms with Gasteiger partial charge < -0.3 is 9.15 Å². The second kappa shape index (κ2) is 8.97. The SMILES string of the molecule is Cc1ccc(S(=O)(=O)NCCC(=O)OCc2nnc(-c3ccccc3)o2)cc1C. The molecule has 152 valence electrons. The number of rotatable bonds is 8. The largest absolute Gasteiger partial charge is 0.456 e. The standard InChI is InChI=1S/C20H21N3O5S/c1-14-8-9-17(12-15(14)2)29(25,26)21-11-10-19(24)27-13-18-22-23-20(28-18)16-6-4-3-5-7-16/h3-9,12,21H,10-11,13H2,1-2H3. The van der Waals surface area contributed by atoms with Crippen LogP contribution in [0.25, 0.3) is 11.5 Å². The minimum Gasteiger partial charge on any atom is -0.456 e. The van der Waals surface area contributed by atoms with Gasteiger partial charge in [0.25, 0.3) is 5.89 Å². The highest BCUT2D eigenvalue weighted by Gasteiger charge is 2.16. The highest BCUT2D eigenvalue weighted by molar-refractivity contribution is 7.89. The van der Waals surface area contributed by atoms with Crippen LogP contribution in [0.1, 0.15) is 23.4 Å². The summed E-state index contributed by atoms with van der Waals surface area (Å²) in [6.45, 7) is 3.49. The van der Waals surface area contributed by atoms with E-state index in [4.69, 9.17) is 9.15 Å². The van der Waals surface area contributed by atoms with Gasteiger partial charge in [-0.25, -0.2) is 13.1 Å². The van der Waals surface area contributed by atoms with E-state index in [1.807, 2.05) is 44.2 Å². The Morgan fingerprint density at radius 3 is 2.55 bits per heavy atom. The van der Waals surface area contributed by atoms with Gasteiger partial charge in [0, 0.05) is 12.1 Å². The van der Waals surface area contributed by atoms with Gasteiger partial charge in [-0.15, -0.1) is 10.2 Å². The molecule has 0 radical (unpaired) electrons. The van der Waals surface area contributed by atoms with Crippen molar-refractivity contribution < 1.29 is 22.4 Å². The monoisotopic (exact) mass is 415 g/mol. The fourth-order valence-electron chi connectivity index (χ4n) is 2.48. The van der Waals surface area contributed by atoms with Gasteiger partial charge in [0.1, 0.15) is 0 Å². The minimum absolute atomic E-state index is 0.0762. The first kappa shape index (κ1) is 20.7. The normalized spacial score (nSPS) is 11.4. The molecule has 2 aromatic carbocycles. The van der Waals surface area contributed by atoms with Crippen LogP contribution >= 0.6 is 0 Å². The van der Waals surface area contributed by atoms with Crippen LogP contribution in [0, 0.1) is 13.8 Å². The van der Waals surface area contributed by atoms with Crippen LogP contribution < -0.4 is 4.72 Å². The molecule has 3 aromatic rings. The quantitative estimate of drug-likeness (QED) is 0.563. The van der Waals surface area contributed by atoms with E-state index in [1.165, 1.54) is 6.07 Å². The molecule has 0 unspecified atom stereocenters. The predicted octanol–water partition coefficient (Wildman–Crippen LogP) is 2.77. The van der Waals surface area contributed by atoms with Gasteiger partial charge >= 0.3 is 5.97 Å². The third-order valence-corrected chi connectivity index (χ3v) is 5.71. The molecule has 1 heterocycles. The maximum absolute atomic E-state index is 12.3. The molecule has 0 saturated carbocycles. The molecule has 0 amide bonds. The predicted molar refractivity (Wildman–Crippen MR) is 105 cm³/mol. The van der Waals surface area contributed by atoms with Crippen molar-refractivity contribution in [3.05, 3.63) is 65.5 Å². The number of hydrogen-bond donors (Lipinski definition) is 1. The lowest BCUT2D eigenvalue weighted by Crippen LogP contribution is -2.26. The maximum atomic E-state index is 12.3. The molecule has 0 aliphatic rings. The lowest BCUT2D eigenvalue weighted by atomic mass is 10.1. The lowest BCUT2D eigenvalue weighted by Gasteiger charge is -2.08. The average Bonchev–Trinajstić information content (AvgIpc) is 3.18. The molecule has 8 nitrogen and oxygen atoms in total. The van der Waals surface area contributed by atoms with Crippen molar-refractivity contribution in [2.24, 2.45) is 0 Å². The van der Waals surface area contributed by atoms with E-state index in [-0.39, 0.29) is 30.4 Å². The molecule has 0 aliphatic carbocycles. The zero-order valence-electron chi connectivity index (χ0n) is 16.1. The Morgan fingerprint density at radius 2 is 1.83 bits per heavy atom. The van der Waals surface area contributed by atoms with Gasteiger partial charge in [-0.3, -0.25) is 4.79 Å². The third-order valence-electron chi connectivity index (χ3n) is 4.25. The number of nitrogens with one attached hydrogen (secondary N) is 1. The fraction of sp³-hybridized carbons (Fsp3) is 0.250. The highest BCUT2D eigenvalue weighted by atomic mass is 32.2. The second-order valence-corrected chi connectivity index (χ2v) is 8.19. The Hall–Kier alpha value is -3.04. The molecule has 1 aromatic heterocycles. The summed E-state index contributed by atoms with van der Waals surface area (Å²) in [6, 6.07) is 14.1. The molecule has 0 bridgehead atoms. The van der Waals surface area contributed by atoms with E-state index in [0.29, 0.717) is 5.89 Å². The van der Waals surface area contributed by atoms with Crippen molar-refractivity contribution in [3.63, 3.8) is 0 Å². The van der Waals surface area contributed by atoms with Crippen LogP contribution in [-0.4, -0.2) is 31.1 Å². The van der Waals surface area contributed by atoms with E-state index in [0.717, 1.165) is 16.7 Å². The Balaban J connectivity index is 1.47. The number of nitrogens with zero attached hydrogens (tertiary/aromatic N) is 2. The Kier molecular flexibility index (Phi) is 6.40. The van der Waals surface area contributed by atoms with E-state index >= 15 is 0 Å². The lowest BCUT2D eigenvalue weighted by molar-refractivity contribution is -0.145. The first-order valence-corrected chi connectivity index (χ1v) is 10.4. The van der Waals surface area contributed by atoms with Crippen molar-refractivity contribution in [1.29, 1.82) is 0 Å². The average molecular weight is 415 g/mol. The number of carbonyl (C=O) groups excluding carboxylic acids is 1. The summed E-state index contributed by atoms with van der Waals surface area (Å²) in [5.41, 5.74) is 2.64. The topological polar surface area (TPSA) is 111 Å². The molecular formula is C20H21N3O5S.